The van der Waals surface area contributed by atoms with Gasteiger partial charge in [-0.2, -0.15) is 4.98 Å². The van der Waals surface area contributed by atoms with Crippen LogP contribution in [0.15, 0.2) is 47.4 Å². The Hall–Kier alpha value is -3.20. The van der Waals surface area contributed by atoms with Gasteiger partial charge in [0.2, 0.25) is 17.7 Å². The van der Waals surface area contributed by atoms with Crippen molar-refractivity contribution >= 4 is 26.8 Å². The predicted molar refractivity (Wildman–Crippen MR) is 115 cm³/mol. The Morgan fingerprint density at radius 2 is 1.87 bits per heavy atom. The molecule has 1 aliphatic carbocycles. The molecule has 0 bridgehead atoms. The van der Waals surface area contributed by atoms with Gasteiger partial charge in [0.25, 0.3) is 10.0 Å². The van der Waals surface area contributed by atoms with Gasteiger partial charge in [-0.15, -0.1) is 0 Å². The van der Waals surface area contributed by atoms with Crippen LogP contribution < -0.4 is 14.2 Å². The fourth-order valence-electron chi connectivity index (χ4n) is 3.80. The van der Waals surface area contributed by atoms with Crippen LogP contribution in [0.2, 0.25) is 0 Å². The maximum absolute atomic E-state index is 13.1. The van der Waals surface area contributed by atoms with Crippen molar-refractivity contribution in [1.29, 1.82) is 0 Å². The van der Waals surface area contributed by atoms with Crippen LogP contribution in [0.5, 0.6) is 11.8 Å². The van der Waals surface area contributed by atoms with Crippen LogP contribution in [0.4, 0.5) is 0 Å². The van der Waals surface area contributed by atoms with E-state index >= 15 is 0 Å². The first-order chi connectivity index (χ1) is 14.7. The van der Waals surface area contributed by atoms with E-state index in [0.29, 0.717) is 29.1 Å². The number of carbonyl (C=O) groups excluding carboxylic acids is 1. The van der Waals surface area contributed by atoms with Gasteiger partial charge >= 0.3 is 0 Å². The highest BCUT2D eigenvalue weighted by atomic mass is 32.2. The van der Waals surface area contributed by atoms with Gasteiger partial charge in [-0.3, -0.25) is 9.78 Å². The number of aromatic nitrogens is 2. The van der Waals surface area contributed by atoms with E-state index in [1.807, 2.05) is 6.92 Å². The molecular weight excluding hydrogens is 418 g/mol. The average molecular weight is 442 g/mol. The summed E-state index contributed by atoms with van der Waals surface area (Å²) in [5, 5.41) is 0.465. The molecule has 2 heterocycles. The van der Waals surface area contributed by atoms with Crippen LogP contribution in [-0.4, -0.2) is 38.5 Å². The number of fused-ring (bicyclic) bond motifs is 1. The van der Waals surface area contributed by atoms with Crippen LogP contribution in [0.3, 0.4) is 0 Å². The standard InChI is InChI=1S/C22H23N3O5S/c1-13-8-9-15-17(23-13)6-5-7-18(15)31(27,28)25-21(26)22(2)12-16(22)14-10-11-19(29-3)24-20(14)30-4/h5-11,16H,12H2,1-4H3,(H,25,26)/t16-,22+/m0/s1. The lowest BCUT2D eigenvalue weighted by Crippen LogP contribution is -2.36. The summed E-state index contributed by atoms with van der Waals surface area (Å²) >= 11 is 0. The second kappa shape index (κ2) is 7.49. The van der Waals surface area contributed by atoms with Crippen LogP contribution in [-0.2, 0) is 14.8 Å². The number of sulfonamides is 1. The number of aryl methyl sites for hydroxylation is 1. The van der Waals surface area contributed by atoms with E-state index in [2.05, 4.69) is 14.7 Å². The number of benzene rings is 1. The minimum atomic E-state index is -4.08. The van der Waals surface area contributed by atoms with Gasteiger partial charge in [0.05, 0.1) is 30.0 Å². The van der Waals surface area contributed by atoms with Gasteiger partial charge < -0.3 is 9.47 Å². The van der Waals surface area contributed by atoms with E-state index < -0.39 is 21.3 Å². The largest absolute Gasteiger partial charge is 0.481 e. The van der Waals surface area contributed by atoms with E-state index in [1.165, 1.54) is 20.3 Å². The first-order valence-corrected chi connectivity index (χ1v) is 11.2. The van der Waals surface area contributed by atoms with E-state index in [9.17, 15) is 13.2 Å². The van der Waals surface area contributed by atoms with E-state index in [0.717, 1.165) is 11.3 Å². The van der Waals surface area contributed by atoms with Crippen molar-refractivity contribution in [2.75, 3.05) is 14.2 Å². The Kier molecular flexibility index (Phi) is 5.09. The second-order valence-electron chi connectivity index (χ2n) is 7.84. The number of hydrogen-bond donors (Lipinski definition) is 1. The number of rotatable bonds is 6. The molecule has 1 aromatic carbocycles. The molecule has 0 spiro atoms. The molecule has 2 aromatic heterocycles. The topological polar surface area (TPSA) is 107 Å². The molecule has 2 atom stereocenters. The third-order valence-corrected chi connectivity index (χ3v) is 7.13. The molecule has 4 rings (SSSR count). The minimum Gasteiger partial charge on any atom is -0.481 e. The molecule has 1 aliphatic rings. The Balaban J connectivity index is 1.61. The summed E-state index contributed by atoms with van der Waals surface area (Å²) in [6.07, 6.45) is 0.481. The first kappa shape index (κ1) is 21.0. The van der Waals surface area contributed by atoms with Crippen molar-refractivity contribution in [3.63, 3.8) is 0 Å². The number of nitrogens with zero attached hydrogens (tertiary/aromatic N) is 2. The number of carbonyl (C=O) groups is 1. The molecule has 0 radical (unpaired) electrons. The fourth-order valence-corrected chi connectivity index (χ4v) is 5.11. The van der Waals surface area contributed by atoms with Gasteiger partial charge in [-0.1, -0.05) is 13.0 Å². The maximum atomic E-state index is 13.1. The quantitative estimate of drug-likeness (QED) is 0.627. The lowest BCUT2D eigenvalue weighted by Gasteiger charge is -2.15. The van der Waals surface area contributed by atoms with Gasteiger partial charge in [0, 0.05) is 28.6 Å². The summed E-state index contributed by atoms with van der Waals surface area (Å²) in [6.45, 7) is 3.57. The third kappa shape index (κ3) is 3.69. The van der Waals surface area contributed by atoms with Crippen molar-refractivity contribution in [1.82, 2.24) is 14.7 Å². The lowest BCUT2D eigenvalue weighted by atomic mass is 10.0. The Bertz CT molecular complexity index is 1290. The Labute approximate surface area is 180 Å². The predicted octanol–water partition coefficient (Wildman–Crippen LogP) is 2.95. The second-order valence-corrected chi connectivity index (χ2v) is 9.49. The Morgan fingerprint density at radius 1 is 1.10 bits per heavy atom. The number of nitrogens with one attached hydrogen (secondary N) is 1. The number of amides is 1. The zero-order chi connectivity index (χ0) is 22.4. The molecule has 9 heteroatoms. The van der Waals surface area contributed by atoms with E-state index in [1.54, 1.807) is 43.3 Å². The number of methoxy groups -OCH3 is 2. The Morgan fingerprint density at radius 3 is 2.58 bits per heavy atom. The summed E-state index contributed by atoms with van der Waals surface area (Å²) in [5.74, 6) is -0.0191. The van der Waals surface area contributed by atoms with Crippen LogP contribution in [0.25, 0.3) is 10.9 Å². The molecule has 0 saturated heterocycles. The molecule has 1 saturated carbocycles. The number of pyridine rings is 2. The SMILES string of the molecule is COc1ccc([C@@H]2C[C@@]2(C)C(=O)NS(=O)(=O)c2cccc3nc(C)ccc23)c(OC)n1. The van der Waals surface area contributed by atoms with Crippen molar-refractivity contribution in [2.45, 2.75) is 31.1 Å². The van der Waals surface area contributed by atoms with Crippen molar-refractivity contribution in [3.8, 4) is 11.8 Å². The maximum Gasteiger partial charge on any atom is 0.264 e. The molecular formula is C22H23N3O5S. The van der Waals surface area contributed by atoms with Gasteiger partial charge in [0.1, 0.15) is 0 Å². The molecule has 1 fully saturated rings. The molecule has 162 valence electrons. The van der Waals surface area contributed by atoms with Crippen molar-refractivity contribution in [2.24, 2.45) is 5.41 Å². The highest BCUT2D eigenvalue weighted by Crippen LogP contribution is 2.61. The van der Waals surface area contributed by atoms with Crippen LogP contribution in [0, 0.1) is 12.3 Å². The molecule has 1 amide bonds. The zero-order valence-corrected chi connectivity index (χ0v) is 18.5. The normalized spacial score (nSPS) is 20.3. The summed E-state index contributed by atoms with van der Waals surface area (Å²) in [4.78, 5) is 21.7. The molecule has 8 nitrogen and oxygen atoms in total. The molecule has 0 aliphatic heterocycles. The molecule has 0 unspecified atom stereocenters. The highest BCUT2D eigenvalue weighted by Gasteiger charge is 2.58. The number of hydrogen-bond acceptors (Lipinski definition) is 7. The van der Waals surface area contributed by atoms with Gasteiger partial charge in [0.15, 0.2) is 0 Å². The van der Waals surface area contributed by atoms with E-state index in [-0.39, 0.29) is 10.8 Å². The van der Waals surface area contributed by atoms with Gasteiger partial charge in [-0.25, -0.2) is 13.1 Å². The van der Waals surface area contributed by atoms with Crippen molar-refractivity contribution in [3.05, 3.63) is 53.7 Å². The lowest BCUT2D eigenvalue weighted by molar-refractivity contribution is -0.124. The fraction of sp³-hybridized carbons (Fsp3) is 0.318. The summed E-state index contributed by atoms with van der Waals surface area (Å²) in [6, 6.07) is 11.7. The zero-order valence-electron chi connectivity index (χ0n) is 17.7. The third-order valence-electron chi connectivity index (χ3n) is 5.75. The minimum absolute atomic E-state index is 0.0235. The monoisotopic (exact) mass is 441 g/mol. The number of ether oxygens (including phenoxy) is 2. The average Bonchev–Trinajstić information content (AvgIpc) is 3.45. The van der Waals surface area contributed by atoms with E-state index in [4.69, 9.17) is 9.47 Å². The van der Waals surface area contributed by atoms with Crippen molar-refractivity contribution < 1.29 is 22.7 Å². The smallest absolute Gasteiger partial charge is 0.264 e. The summed E-state index contributed by atoms with van der Waals surface area (Å²) in [5.41, 5.74) is 1.18. The highest BCUT2D eigenvalue weighted by molar-refractivity contribution is 7.90. The first-order valence-electron chi connectivity index (χ1n) is 9.72. The molecule has 31 heavy (non-hydrogen) atoms. The molecule has 1 N–H and O–H groups in total. The van der Waals surface area contributed by atoms with Crippen LogP contribution >= 0.6 is 0 Å². The van der Waals surface area contributed by atoms with Gasteiger partial charge in [-0.05, 0) is 43.7 Å². The summed E-state index contributed by atoms with van der Waals surface area (Å²) < 4.78 is 38.8. The van der Waals surface area contributed by atoms with Crippen LogP contribution in [0.1, 0.15) is 30.5 Å². The summed E-state index contributed by atoms with van der Waals surface area (Å²) in [7, 11) is -1.08. The molecule has 3 aromatic rings.